The highest BCUT2D eigenvalue weighted by Gasteiger charge is 2.07. The van der Waals surface area contributed by atoms with E-state index in [0.29, 0.717) is 6.61 Å². The fourth-order valence-corrected chi connectivity index (χ4v) is 3.09. The molecule has 0 aliphatic carbocycles. The molecule has 1 N–H and O–H groups in total. The molecule has 3 nitrogen and oxygen atoms in total. The van der Waals surface area contributed by atoms with Gasteiger partial charge in [0.05, 0.1) is 27.5 Å². The maximum atomic E-state index is 12.8. The molecule has 0 radical (unpaired) electrons. The first-order valence-corrected chi connectivity index (χ1v) is 7.85. The standard InChI is InChI=1S/C15H13Br2FN2O/c1-2-21-15-13(16)7-10(8-14(15)17)9-19-20-12-5-3-11(18)4-6-12/h3-9,20H,2H2,1H3/b19-9+. The van der Waals surface area contributed by atoms with Gasteiger partial charge in [-0.15, -0.1) is 0 Å². The lowest BCUT2D eigenvalue weighted by Gasteiger charge is -2.09. The normalized spacial score (nSPS) is 10.9. The number of rotatable bonds is 5. The largest absolute Gasteiger partial charge is 0.492 e. The molecule has 110 valence electrons. The lowest BCUT2D eigenvalue weighted by Crippen LogP contribution is -1.96. The quantitative estimate of drug-likeness (QED) is 0.538. The zero-order valence-electron chi connectivity index (χ0n) is 11.2. The molecule has 0 aliphatic heterocycles. The molecule has 0 aliphatic rings. The van der Waals surface area contributed by atoms with Crippen LogP contribution in [-0.4, -0.2) is 12.8 Å². The van der Waals surface area contributed by atoms with Gasteiger partial charge in [-0.2, -0.15) is 5.10 Å². The van der Waals surface area contributed by atoms with Crippen LogP contribution in [0.2, 0.25) is 0 Å². The van der Waals surface area contributed by atoms with Gasteiger partial charge in [0, 0.05) is 0 Å². The van der Waals surface area contributed by atoms with Crippen molar-refractivity contribution in [3.8, 4) is 5.75 Å². The van der Waals surface area contributed by atoms with Crippen molar-refractivity contribution in [2.75, 3.05) is 12.0 Å². The molecule has 2 rings (SSSR count). The fraction of sp³-hybridized carbons (Fsp3) is 0.133. The van der Waals surface area contributed by atoms with E-state index in [2.05, 4.69) is 42.4 Å². The summed E-state index contributed by atoms with van der Waals surface area (Å²) in [6.07, 6.45) is 1.68. The Morgan fingerprint density at radius 3 is 2.38 bits per heavy atom. The summed E-state index contributed by atoms with van der Waals surface area (Å²) in [6.45, 7) is 2.53. The van der Waals surface area contributed by atoms with Crippen LogP contribution in [0.5, 0.6) is 5.75 Å². The number of nitrogens with zero attached hydrogens (tertiary/aromatic N) is 1. The van der Waals surface area contributed by atoms with Gasteiger partial charge >= 0.3 is 0 Å². The Balaban J connectivity index is 2.09. The first-order valence-electron chi connectivity index (χ1n) is 6.26. The summed E-state index contributed by atoms with van der Waals surface area (Å²) in [4.78, 5) is 0. The lowest BCUT2D eigenvalue weighted by atomic mass is 10.2. The Morgan fingerprint density at radius 1 is 1.19 bits per heavy atom. The van der Waals surface area contributed by atoms with Crippen molar-refractivity contribution in [3.63, 3.8) is 0 Å². The molecule has 6 heteroatoms. The summed E-state index contributed by atoms with van der Waals surface area (Å²) < 4.78 is 20.0. The third kappa shape index (κ3) is 4.54. The van der Waals surface area contributed by atoms with Crippen LogP contribution in [0.1, 0.15) is 12.5 Å². The Bertz CT molecular complexity index is 622. The Morgan fingerprint density at radius 2 is 1.81 bits per heavy atom. The van der Waals surface area contributed by atoms with E-state index < -0.39 is 0 Å². The number of nitrogens with one attached hydrogen (secondary N) is 1. The molecule has 0 saturated heterocycles. The van der Waals surface area contributed by atoms with E-state index in [1.54, 1.807) is 18.3 Å². The minimum atomic E-state index is -0.274. The predicted octanol–water partition coefficient (Wildman–Crippen LogP) is 5.20. The van der Waals surface area contributed by atoms with Gasteiger partial charge in [-0.3, -0.25) is 5.43 Å². The highest BCUT2D eigenvalue weighted by Crippen LogP contribution is 2.34. The highest BCUT2D eigenvalue weighted by atomic mass is 79.9. The second kappa shape index (κ2) is 7.56. The zero-order valence-corrected chi connectivity index (χ0v) is 14.4. The smallest absolute Gasteiger partial charge is 0.147 e. The highest BCUT2D eigenvalue weighted by molar-refractivity contribution is 9.11. The van der Waals surface area contributed by atoms with Crippen molar-refractivity contribution in [2.24, 2.45) is 5.10 Å². The molecular formula is C15H13Br2FN2O. The number of halogens is 3. The Hall–Kier alpha value is -1.40. The van der Waals surface area contributed by atoms with Crippen molar-refractivity contribution in [1.82, 2.24) is 0 Å². The number of anilines is 1. The van der Waals surface area contributed by atoms with E-state index in [4.69, 9.17) is 4.74 Å². The number of hydrazone groups is 1. The topological polar surface area (TPSA) is 33.6 Å². The SMILES string of the molecule is CCOc1c(Br)cc(/C=N/Nc2ccc(F)cc2)cc1Br. The van der Waals surface area contributed by atoms with Crippen molar-refractivity contribution >= 4 is 43.8 Å². The molecule has 0 heterocycles. The number of benzene rings is 2. The van der Waals surface area contributed by atoms with Crippen LogP contribution in [0, 0.1) is 5.82 Å². The van der Waals surface area contributed by atoms with Gasteiger partial charge in [0.15, 0.2) is 0 Å². The average molecular weight is 416 g/mol. The van der Waals surface area contributed by atoms with Gasteiger partial charge in [0.2, 0.25) is 0 Å². The van der Waals surface area contributed by atoms with E-state index in [1.807, 2.05) is 19.1 Å². The van der Waals surface area contributed by atoms with Gasteiger partial charge in [-0.25, -0.2) is 4.39 Å². The van der Waals surface area contributed by atoms with Crippen molar-refractivity contribution in [2.45, 2.75) is 6.92 Å². The summed E-state index contributed by atoms with van der Waals surface area (Å²) >= 11 is 6.93. The third-order valence-electron chi connectivity index (χ3n) is 2.56. The van der Waals surface area contributed by atoms with Gasteiger partial charge in [-0.1, -0.05) is 0 Å². The molecule has 0 unspecified atom stereocenters. The molecule has 0 bridgehead atoms. The second-order valence-electron chi connectivity index (χ2n) is 4.12. The lowest BCUT2D eigenvalue weighted by molar-refractivity contribution is 0.336. The van der Waals surface area contributed by atoms with E-state index in [9.17, 15) is 4.39 Å². The molecule has 0 saturated carbocycles. The summed E-state index contributed by atoms with van der Waals surface area (Å²) in [5, 5.41) is 4.12. The van der Waals surface area contributed by atoms with Gasteiger partial charge in [-0.05, 0) is 80.7 Å². The summed E-state index contributed by atoms with van der Waals surface area (Å²) in [5.74, 6) is 0.491. The number of ether oxygens (including phenoxy) is 1. The van der Waals surface area contributed by atoms with Gasteiger partial charge in [0.25, 0.3) is 0 Å². The van der Waals surface area contributed by atoms with Crippen LogP contribution in [-0.2, 0) is 0 Å². The molecule has 0 spiro atoms. The van der Waals surface area contributed by atoms with E-state index in [-0.39, 0.29) is 5.82 Å². The Labute approximate surface area is 139 Å². The Kier molecular flexibility index (Phi) is 5.76. The van der Waals surface area contributed by atoms with Crippen LogP contribution in [0.4, 0.5) is 10.1 Å². The van der Waals surface area contributed by atoms with Crippen LogP contribution in [0.25, 0.3) is 0 Å². The van der Waals surface area contributed by atoms with Crippen molar-refractivity contribution in [3.05, 3.63) is 56.7 Å². The van der Waals surface area contributed by atoms with E-state index in [0.717, 1.165) is 25.9 Å². The molecule has 0 fully saturated rings. The van der Waals surface area contributed by atoms with Crippen LogP contribution >= 0.6 is 31.9 Å². The summed E-state index contributed by atoms with van der Waals surface area (Å²) in [6, 6.07) is 9.81. The molecule has 21 heavy (non-hydrogen) atoms. The van der Waals surface area contributed by atoms with Gasteiger partial charge < -0.3 is 4.74 Å². The molecule has 0 atom stereocenters. The average Bonchev–Trinajstić information content (AvgIpc) is 2.45. The van der Waals surface area contributed by atoms with Crippen LogP contribution in [0.15, 0.2) is 50.4 Å². The first kappa shape index (κ1) is 16.0. The minimum Gasteiger partial charge on any atom is -0.492 e. The fourth-order valence-electron chi connectivity index (χ4n) is 1.64. The minimum absolute atomic E-state index is 0.274. The summed E-state index contributed by atoms with van der Waals surface area (Å²) in [7, 11) is 0. The van der Waals surface area contributed by atoms with E-state index >= 15 is 0 Å². The molecule has 0 aromatic heterocycles. The molecule has 2 aromatic carbocycles. The number of hydrogen-bond donors (Lipinski definition) is 1. The van der Waals surface area contributed by atoms with Crippen molar-refractivity contribution < 1.29 is 9.13 Å². The molecule has 2 aromatic rings. The maximum Gasteiger partial charge on any atom is 0.147 e. The maximum absolute atomic E-state index is 12.8. The van der Waals surface area contributed by atoms with E-state index in [1.165, 1.54) is 12.1 Å². The van der Waals surface area contributed by atoms with Crippen LogP contribution in [0.3, 0.4) is 0 Å². The van der Waals surface area contributed by atoms with Crippen LogP contribution < -0.4 is 10.2 Å². The second-order valence-corrected chi connectivity index (χ2v) is 5.83. The molecule has 0 amide bonds. The van der Waals surface area contributed by atoms with Crippen molar-refractivity contribution in [1.29, 1.82) is 0 Å². The first-order chi connectivity index (χ1) is 10.1. The van der Waals surface area contributed by atoms with Gasteiger partial charge in [0.1, 0.15) is 11.6 Å². The zero-order chi connectivity index (χ0) is 15.2. The third-order valence-corrected chi connectivity index (χ3v) is 3.74. The summed E-state index contributed by atoms with van der Waals surface area (Å²) in [5.41, 5.74) is 4.45. The number of hydrogen-bond acceptors (Lipinski definition) is 3. The predicted molar refractivity (Wildman–Crippen MR) is 90.6 cm³/mol. The monoisotopic (exact) mass is 414 g/mol. The molecular weight excluding hydrogens is 403 g/mol.